The molecule has 1 aliphatic heterocycles. The van der Waals surface area contributed by atoms with Crippen LogP contribution in [0, 0.1) is 0 Å². The number of hydrogen-bond donors (Lipinski definition) is 2. The minimum Gasteiger partial charge on any atom is -0.388 e. The maximum atomic E-state index is 12.3. The van der Waals surface area contributed by atoms with Crippen LogP contribution in [-0.4, -0.2) is 40.5 Å². The summed E-state index contributed by atoms with van der Waals surface area (Å²) in [4.78, 5) is 25.8. The van der Waals surface area contributed by atoms with Gasteiger partial charge in [0, 0.05) is 31.6 Å². The lowest BCUT2D eigenvalue weighted by Crippen LogP contribution is -2.44. The van der Waals surface area contributed by atoms with Crippen molar-refractivity contribution in [3.8, 4) is 0 Å². The monoisotopic (exact) mass is 330 g/mol. The van der Waals surface area contributed by atoms with Gasteiger partial charge in [0.25, 0.3) is 5.91 Å². The Morgan fingerprint density at radius 1 is 1.12 bits per heavy atom. The lowest BCUT2D eigenvalue weighted by molar-refractivity contribution is -0.128. The molecule has 1 saturated carbocycles. The first-order chi connectivity index (χ1) is 11.6. The second-order valence-corrected chi connectivity index (χ2v) is 7.08. The van der Waals surface area contributed by atoms with Gasteiger partial charge in [-0.05, 0) is 37.0 Å². The van der Waals surface area contributed by atoms with Crippen molar-refractivity contribution in [2.45, 2.75) is 57.1 Å². The summed E-state index contributed by atoms with van der Waals surface area (Å²) in [7, 11) is 0. The topological polar surface area (TPSA) is 69.6 Å². The van der Waals surface area contributed by atoms with Gasteiger partial charge in [0.15, 0.2) is 0 Å². The van der Waals surface area contributed by atoms with Crippen molar-refractivity contribution in [2.24, 2.45) is 0 Å². The Balaban J connectivity index is 1.52. The van der Waals surface area contributed by atoms with Gasteiger partial charge in [0.2, 0.25) is 5.91 Å². The van der Waals surface area contributed by atoms with Gasteiger partial charge in [0.05, 0.1) is 5.60 Å². The summed E-state index contributed by atoms with van der Waals surface area (Å²) in [6, 6.07) is 7.37. The van der Waals surface area contributed by atoms with E-state index in [0.717, 1.165) is 50.6 Å². The van der Waals surface area contributed by atoms with E-state index in [1.807, 2.05) is 17.0 Å². The Morgan fingerprint density at radius 2 is 1.83 bits per heavy atom. The summed E-state index contributed by atoms with van der Waals surface area (Å²) in [5.74, 6) is 0.0512. The third-order valence-electron chi connectivity index (χ3n) is 5.12. The molecular formula is C19H26N2O3. The maximum absolute atomic E-state index is 12.3. The van der Waals surface area contributed by atoms with E-state index in [-0.39, 0.29) is 11.8 Å². The predicted octanol–water partition coefficient (Wildman–Crippen LogP) is 2.23. The largest absolute Gasteiger partial charge is 0.388 e. The molecule has 0 spiro atoms. The zero-order valence-corrected chi connectivity index (χ0v) is 14.1. The molecule has 24 heavy (non-hydrogen) atoms. The second-order valence-electron chi connectivity index (χ2n) is 7.08. The first-order valence-electron chi connectivity index (χ1n) is 8.93. The van der Waals surface area contributed by atoms with Gasteiger partial charge in [-0.2, -0.15) is 0 Å². The molecule has 0 atom stereocenters. The van der Waals surface area contributed by atoms with Gasteiger partial charge in [-0.25, -0.2) is 0 Å². The van der Waals surface area contributed by atoms with E-state index in [0.29, 0.717) is 25.1 Å². The van der Waals surface area contributed by atoms with Crippen molar-refractivity contribution in [1.29, 1.82) is 0 Å². The number of carbonyl (C=O) groups excluding carboxylic acids is 2. The quantitative estimate of drug-likeness (QED) is 0.870. The van der Waals surface area contributed by atoms with Crippen LogP contribution in [0.3, 0.4) is 0 Å². The van der Waals surface area contributed by atoms with Crippen molar-refractivity contribution >= 4 is 11.8 Å². The molecule has 1 aliphatic carbocycles. The first kappa shape index (κ1) is 17.0. The van der Waals surface area contributed by atoms with Crippen LogP contribution in [0.25, 0.3) is 0 Å². The average Bonchev–Trinajstić information content (AvgIpc) is 2.99. The molecule has 1 heterocycles. The van der Waals surface area contributed by atoms with E-state index in [1.165, 1.54) is 0 Å². The maximum Gasteiger partial charge on any atom is 0.251 e. The van der Waals surface area contributed by atoms with Gasteiger partial charge in [-0.1, -0.05) is 31.4 Å². The van der Waals surface area contributed by atoms with Crippen LogP contribution >= 0.6 is 0 Å². The van der Waals surface area contributed by atoms with E-state index in [1.54, 1.807) is 12.1 Å². The summed E-state index contributed by atoms with van der Waals surface area (Å²) >= 11 is 0. The van der Waals surface area contributed by atoms with Crippen molar-refractivity contribution in [2.75, 3.05) is 13.1 Å². The van der Waals surface area contributed by atoms with Gasteiger partial charge in [-0.15, -0.1) is 0 Å². The molecule has 5 nitrogen and oxygen atoms in total. The fourth-order valence-electron chi connectivity index (χ4n) is 3.59. The standard InChI is InChI=1S/C19H26N2O3/c22-17-5-4-12-21(17)13-15-6-8-16(9-7-15)18(23)20-14-19(24)10-2-1-3-11-19/h6-9,24H,1-5,10-14H2,(H,20,23). The molecule has 1 aromatic carbocycles. The number of likely N-dealkylation sites (tertiary alicyclic amines) is 1. The normalized spacial score (nSPS) is 20.2. The van der Waals surface area contributed by atoms with Crippen LogP contribution < -0.4 is 5.32 Å². The molecule has 2 aliphatic rings. The van der Waals surface area contributed by atoms with E-state index in [4.69, 9.17) is 0 Å². The van der Waals surface area contributed by atoms with Gasteiger partial charge >= 0.3 is 0 Å². The van der Waals surface area contributed by atoms with Crippen LogP contribution in [0.5, 0.6) is 0 Å². The van der Waals surface area contributed by atoms with E-state index < -0.39 is 5.60 Å². The summed E-state index contributed by atoms with van der Waals surface area (Å²) in [5.41, 5.74) is 0.878. The van der Waals surface area contributed by atoms with Crippen LogP contribution in [0.1, 0.15) is 60.9 Å². The number of carbonyl (C=O) groups is 2. The SMILES string of the molecule is O=C(NCC1(O)CCCCC1)c1ccc(CN2CCCC2=O)cc1. The Kier molecular flexibility index (Phi) is 5.19. The summed E-state index contributed by atoms with van der Waals surface area (Å²) < 4.78 is 0. The number of hydrogen-bond acceptors (Lipinski definition) is 3. The number of benzene rings is 1. The summed E-state index contributed by atoms with van der Waals surface area (Å²) in [6.07, 6.45) is 6.31. The molecule has 2 N–H and O–H groups in total. The van der Waals surface area contributed by atoms with Crippen LogP contribution in [0.15, 0.2) is 24.3 Å². The molecule has 0 unspecified atom stereocenters. The summed E-state index contributed by atoms with van der Waals surface area (Å²) in [6.45, 7) is 1.75. The van der Waals surface area contributed by atoms with Crippen molar-refractivity contribution in [1.82, 2.24) is 10.2 Å². The predicted molar refractivity (Wildman–Crippen MR) is 91.5 cm³/mol. The van der Waals surface area contributed by atoms with E-state index in [2.05, 4.69) is 5.32 Å². The highest BCUT2D eigenvalue weighted by molar-refractivity contribution is 5.94. The van der Waals surface area contributed by atoms with Crippen molar-refractivity contribution in [3.05, 3.63) is 35.4 Å². The average molecular weight is 330 g/mol. The van der Waals surface area contributed by atoms with Gasteiger partial charge < -0.3 is 15.3 Å². The lowest BCUT2D eigenvalue weighted by atomic mass is 9.85. The number of amides is 2. The number of rotatable bonds is 5. The Labute approximate surface area is 143 Å². The fourth-order valence-corrected chi connectivity index (χ4v) is 3.59. The zero-order chi connectivity index (χ0) is 17.0. The smallest absolute Gasteiger partial charge is 0.251 e. The molecule has 3 rings (SSSR count). The van der Waals surface area contributed by atoms with Crippen LogP contribution in [0.4, 0.5) is 0 Å². The summed E-state index contributed by atoms with van der Waals surface area (Å²) in [5, 5.41) is 13.3. The molecule has 0 bridgehead atoms. The molecular weight excluding hydrogens is 304 g/mol. The molecule has 130 valence electrons. The number of nitrogens with one attached hydrogen (secondary N) is 1. The molecule has 0 aromatic heterocycles. The fraction of sp³-hybridized carbons (Fsp3) is 0.579. The Morgan fingerprint density at radius 3 is 2.46 bits per heavy atom. The van der Waals surface area contributed by atoms with E-state index >= 15 is 0 Å². The van der Waals surface area contributed by atoms with Crippen molar-refractivity contribution < 1.29 is 14.7 Å². The Bertz CT molecular complexity index is 591. The highest BCUT2D eigenvalue weighted by Gasteiger charge is 2.29. The minimum atomic E-state index is -0.746. The first-order valence-corrected chi connectivity index (χ1v) is 8.93. The zero-order valence-electron chi connectivity index (χ0n) is 14.1. The highest BCUT2D eigenvalue weighted by atomic mass is 16.3. The van der Waals surface area contributed by atoms with Crippen LogP contribution in [0.2, 0.25) is 0 Å². The third kappa shape index (κ3) is 4.15. The van der Waals surface area contributed by atoms with Crippen molar-refractivity contribution in [3.63, 3.8) is 0 Å². The molecule has 2 fully saturated rings. The van der Waals surface area contributed by atoms with E-state index in [9.17, 15) is 14.7 Å². The third-order valence-corrected chi connectivity index (χ3v) is 5.12. The second kappa shape index (κ2) is 7.34. The molecule has 0 radical (unpaired) electrons. The molecule has 2 amide bonds. The highest BCUT2D eigenvalue weighted by Crippen LogP contribution is 2.27. The molecule has 1 saturated heterocycles. The molecule has 5 heteroatoms. The number of nitrogens with zero attached hydrogens (tertiary/aromatic N) is 1. The van der Waals surface area contributed by atoms with Crippen LogP contribution in [-0.2, 0) is 11.3 Å². The molecule has 1 aromatic rings. The van der Waals surface area contributed by atoms with Gasteiger partial charge in [0.1, 0.15) is 0 Å². The number of aliphatic hydroxyl groups is 1. The minimum absolute atomic E-state index is 0.155. The van der Waals surface area contributed by atoms with Gasteiger partial charge in [-0.3, -0.25) is 9.59 Å². The lowest BCUT2D eigenvalue weighted by Gasteiger charge is -2.32. The Hall–Kier alpha value is -1.88.